The van der Waals surface area contributed by atoms with Gasteiger partial charge in [0.05, 0.1) is 5.69 Å². The van der Waals surface area contributed by atoms with Crippen LogP contribution < -0.4 is 5.32 Å². The van der Waals surface area contributed by atoms with E-state index in [1.165, 1.54) is 52.1 Å². The van der Waals surface area contributed by atoms with Gasteiger partial charge in [-0.25, -0.2) is 0 Å². The van der Waals surface area contributed by atoms with Crippen molar-refractivity contribution in [1.82, 2.24) is 30.1 Å². The van der Waals surface area contributed by atoms with Crippen molar-refractivity contribution in [2.24, 2.45) is 4.99 Å². The maximum absolute atomic E-state index is 4.92. The van der Waals surface area contributed by atoms with Crippen LogP contribution in [0.5, 0.6) is 0 Å². The van der Waals surface area contributed by atoms with Crippen molar-refractivity contribution in [3.8, 4) is 0 Å². The van der Waals surface area contributed by atoms with E-state index in [4.69, 9.17) is 4.52 Å². The summed E-state index contributed by atoms with van der Waals surface area (Å²) in [5, 5.41) is 7.56. The van der Waals surface area contributed by atoms with Gasteiger partial charge in [0.15, 0.2) is 5.96 Å². The Morgan fingerprint density at radius 1 is 1.04 bits per heavy atom. The number of nitrogens with zero attached hydrogens (tertiary/aromatic N) is 6. The highest BCUT2D eigenvalue weighted by Crippen LogP contribution is 2.07. The first-order chi connectivity index (χ1) is 13.8. The first kappa shape index (κ1) is 21.1. The van der Waals surface area contributed by atoms with Gasteiger partial charge in [-0.05, 0) is 25.9 Å². The summed E-state index contributed by atoms with van der Waals surface area (Å²) in [5.41, 5.74) is 1.01. The molecule has 1 aromatic heterocycles. The molecule has 0 radical (unpaired) electrons. The van der Waals surface area contributed by atoms with Crippen LogP contribution in [0.15, 0.2) is 21.8 Å². The monoisotopic (exact) mass is 391 g/mol. The summed E-state index contributed by atoms with van der Waals surface area (Å²) >= 11 is 0. The number of hydrogen-bond acceptors (Lipinski definition) is 6. The zero-order chi connectivity index (χ0) is 19.6. The molecule has 2 aliphatic rings. The normalized spacial score (nSPS) is 20.6. The minimum absolute atomic E-state index is 0.864. The number of aromatic nitrogens is 1. The van der Waals surface area contributed by atoms with Gasteiger partial charge < -0.3 is 24.5 Å². The third-order valence-electron chi connectivity index (χ3n) is 5.86. The molecule has 0 aromatic carbocycles. The first-order valence-corrected chi connectivity index (χ1v) is 10.8. The van der Waals surface area contributed by atoms with Crippen LogP contribution in [0.1, 0.15) is 25.5 Å². The molecule has 0 bridgehead atoms. The highest BCUT2D eigenvalue weighted by Gasteiger charge is 2.20. The smallest absolute Gasteiger partial charge is 0.193 e. The summed E-state index contributed by atoms with van der Waals surface area (Å²) in [6, 6.07) is 1.94. The van der Waals surface area contributed by atoms with Gasteiger partial charge in [0.2, 0.25) is 0 Å². The van der Waals surface area contributed by atoms with Crippen LogP contribution in [0, 0.1) is 0 Å². The standard InChI is InChI=1S/C20H37N7O/c1-3-24-9-11-25(12-10-24)8-5-4-7-22-20(21-2)27-15-13-26(14-16-27)18-19-6-17-28-23-19/h6,17H,3-5,7-16,18H2,1-2H3,(H,21,22). The molecular formula is C20H37N7O. The summed E-state index contributed by atoms with van der Waals surface area (Å²) in [6.07, 6.45) is 4.09. The lowest BCUT2D eigenvalue weighted by atomic mass is 10.2. The average Bonchev–Trinajstić information content (AvgIpc) is 3.25. The fourth-order valence-electron chi connectivity index (χ4n) is 3.99. The van der Waals surface area contributed by atoms with Gasteiger partial charge in [-0.15, -0.1) is 0 Å². The summed E-state index contributed by atoms with van der Waals surface area (Å²) < 4.78 is 4.92. The van der Waals surface area contributed by atoms with Crippen LogP contribution in [0.3, 0.4) is 0 Å². The second-order valence-corrected chi connectivity index (χ2v) is 7.71. The van der Waals surface area contributed by atoms with Crippen LogP contribution >= 0.6 is 0 Å². The van der Waals surface area contributed by atoms with Crippen molar-refractivity contribution in [2.45, 2.75) is 26.3 Å². The number of guanidine groups is 1. The minimum Gasteiger partial charge on any atom is -0.364 e. The molecule has 28 heavy (non-hydrogen) atoms. The van der Waals surface area contributed by atoms with Crippen LogP contribution in [0.2, 0.25) is 0 Å². The molecule has 0 aliphatic carbocycles. The highest BCUT2D eigenvalue weighted by molar-refractivity contribution is 5.79. The van der Waals surface area contributed by atoms with E-state index in [1.54, 1.807) is 6.26 Å². The van der Waals surface area contributed by atoms with Gasteiger partial charge in [0.1, 0.15) is 6.26 Å². The van der Waals surface area contributed by atoms with Crippen LogP contribution in [-0.4, -0.2) is 110 Å². The Morgan fingerprint density at radius 3 is 2.39 bits per heavy atom. The summed E-state index contributed by atoms with van der Waals surface area (Å²) in [5.74, 6) is 1.04. The van der Waals surface area contributed by atoms with Crippen molar-refractivity contribution in [3.63, 3.8) is 0 Å². The molecule has 3 heterocycles. The SMILES string of the molecule is CCN1CCN(CCCCNC(=NC)N2CCN(Cc3ccon3)CC2)CC1. The van der Waals surface area contributed by atoms with Crippen molar-refractivity contribution in [2.75, 3.05) is 79.0 Å². The van der Waals surface area contributed by atoms with E-state index < -0.39 is 0 Å². The highest BCUT2D eigenvalue weighted by atomic mass is 16.5. The maximum atomic E-state index is 4.92. The Morgan fingerprint density at radius 2 is 1.75 bits per heavy atom. The number of unbranched alkanes of at least 4 members (excludes halogenated alkanes) is 1. The molecule has 0 unspecified atom stereocenters. The van der Waals surface area contributed by atoms with E-state index >= 15 is 0 Å². The lowest BCUT2D eigenvalue weighted by Gasteiger charge is -2.36. The van der Waals surface area contributed by atoms with E-state index in [2.05, 4.69) is 42.0 Å². The van der Waals surface area contributed by atoms with E-state index in [9.17, 15) is 0 Å². The molecule has 8 nitrogen and oxygen atoms in total. The Balaban J connectivity index is 1.27. The van der Waals surface area contributed by atoms with E-state index in [-0.39, 0.29) is 0 Å². The zero-order valence-electron chi connectivity index (χ0n) is 17.6. The lowest BCUT2D eigenvalue weighted by Crippen LogP contribution is -2.52. The van der Waals surface area contributed by atoms with Crippen molar-refractivity contribution >= 4 is 5.96 Å². The Hall–Kier alpha value is -1.64. The average molecular weight is 392 g/mol. The lowest BCUT2D eigenvalue weighted by molar-refractivity contribution is 0.135. The third kappa shape index (κ3) is 6.46. The van der Waals surface area contributed by atoms with Crippen molar-refractivity contribution < 1.29 is 4.52 Å². The molecule has 0 spiro atoms. The minimum atomic E-state index is 0.864. The largest absolute Gasteiger partial charge is 0.364 e. The second-order valence-electron chi connectivity index (χ2n) is 7.71. The molecule has 1 aromatic rings. The van der Waals surface area contributed by atoms with Gasteiger partial charge >= 0.3 is 0 Å². The molecular weight excluding hydrogens is 354 g/mol. The van der Waals surface area contributed by atoms with Gasteiger partial charge in [-0.3, -0.25) is 9.89 Å². The molecule has 158 valence electrons. The van der Waals surface area contributed by atoms with E-state index in [1.807, 2.05) is 13.1 Å². The zero-order valence-corrected chi connectivity index (χ0v) is 17.6. The summed E-state index contributed by atoms with van der Waals surface area (Å²) in [6.45, 7) is 15.5. The number of hydrogen-bond donors (Lipinski definition) is 1. The molecule has 0 atom stereocenters. The van der Waals surface area contributed by atoms with Crippen molar-refractivity contribution in [3.05, 3.63) is 18.0 Å². The number of nitrogens with one attached hydrogen (secondary N) is 1. The maximum Gasteiger partial charge on any atom is 0.193 e. The van der Waals surface area contributed by atoms with Crippen molar-refractivity contribution in [1.29, 1.82) is 0 Å². The molecule has 2 fully saturated rings. The Kier molecular flexibility index (Phi) is 8.57. The van der Waals surface area contributed by atoms with Gasteiger partial charge in [-0.1, -0.05) is 12.1 Å². The topological polar surface area (TPSA) is 63.4 Å². The number of rotatable bonds is 8. The molecule has 1 N–H and O–H groups in total. The molecule has 3 rings (SSSR count). The van der Waals surface area contributed by atoms with Gasteiger partial charge in [-0.2, -0.15) is 0 Å². The van der Waals surface area contributed by atoms with E-state index in [0.29, 0.717) is 0 Å². The second kappa shape index (κ2) is 11.4. The molecule has 0 amide bonds. The Labute approximate surface area is 169 Å². The summed E-state index contributed by atoms with van der Waals surface area (Å²) in [4.78, 5) is 14.4. The van der Waals surface area contributed by atoms with Crippen LogP contribution in [-0.2, 0) is 6.54 Å². The fourth-order valence-corrected chi connectivity index (χ4v) is 3.99. The molecule has 2 aliphatic heterocycles. The third-order valence-corrected chi connectivity index (χ3v) is 5.86. The fraction of sp³-hybridized carbons (Fsp3) is 0.800. The van der Waals surface area contributed by atoms with Crippen LogP contribution in [0.4, 0.5) is 0 Å². The molecule has 2 saturated heterocycles. The number of likely N-dealkylation sites (N-methyl/N-ethyl adjacent to an activating group) is 1. The molecule has 8 heteroatoms. The van der Waals surface area contributed by atoms with E-state index in [0.717, 1.165) is 50.9 Å². The predicted octanol–water partition coefficient (Wildman–Crippen LogP) is 0.785. The molecule has 0 saturated carbocycles. The number of piperazine rings is 2. The van der Waals surface area contributed by atoms with Gasteiger partial charge in [0, 0.05) is 78.6 Å². The first-order valence-electron chi connectivity index (χ1n) is 10.8. The summed E-state index contributed by atoms with van der Waals surface area (Å²) in [7, 11) is 1.89. The number of aliphatic imine (C=N–C) groups is 1. The van der Waals surface area contributed by atoms with Gasteiger partial charge in [0.25, 0.3) is 0 Å². The quantitative estimate of drug-likeness (QED) is 0.399. The van der Waals surface area contributed by atoms with Crippen LogP contribution in [0.25, 0.3) is 0 Å². The Bertz CT molecular complexity index is 561. The predicted molar refractivity (Wildman–Crippen MR) is 113 cm³/mol.